The molecule has 4 atom stereocenters. The third-order valence-corrected chi connectivity index (χ3v) is 8.14. The van der Waals surface area contributed by atoms with Gasteiger partial charge in [-0.15, -0.1) is 0 Å². The van der Waals surface area contributed by atoms with E-state index in [0.717, 1.165) is 37.1 Å². The number of ether oxygens (including phenoxy) is 2. The lowest BCUT2D eigenvalue weighted by Crippen LogP contribution is -2.10. The number of hydrogen-bond acceptors (Lipinski definition) is 6. The third kappa shape index (κ3) is 5.95. The lowest BCUT2D eigenvalue weighted by Gasteiger charge is -2.07. The fourth-order valence-corrected chi connectivity index (χ4v) is 5.68. The Morgan fingerprint density at radius 3 is 1.48 bits per heavy atom. The molecule has 0 saturated heterocycles. The molecule has 6 nitrogen and oxygen atoms in total. The molecule has 1 heterocycles. The molecule has 2 aliphatic carbocycles. The first kappa shape index (κ1) is 23.9. The van der Waals surface area contributed by atoms with E-state index in [1.807, 2.05) is 0 Å². The molecule has 2 fully saturated rings. The molecular formula is C25H40N2O4. The highest BCUT2D eigenvalue weighted by Gasteiger charge is 2.57. The number of carbonyl (C=O) groups is 2. The van der Waals surface area contributed by atoms with E-state index < -0.39 is 0 Å². The van der Waals surface area contributed by atoms with E-state index >= 15 is 0 Å². The van der Waals surface area contributed by atoms with Crippen LogP contribution in [0, 0.1) is 34.5 Å². The Labute approximate surface area is 187 Å². The Balaban J connectivity index is 1.64. The van der Waals surface area contributed by atoms with Gasteiger partial charge in [-0.1, -0.05) is 27.7 Å². The number of fused-ring (bicyclic) bond motifs is 2. The van der Waals surface area contributed by atoms with Gasteiger partial charge in [0.15, 0.2) is 0 Å². The fourth-order valence-electron chi connectivity index (χ4n) is 5.68. The number of hydrogen-bond donors (Lipinski definition) is 0. The van der Waals surface area contributed by atoms with Crippen LogP contribution in [0.4, 0.5) is 0 Å². The van der Waals surface area contributed by atoms with Crippen LogP contribution in [0.5, 0.6) is 0 Å². The standard InChI is InChI=1S/C25H40N2O4/c1-16-14-20-18(24(20,3)4)10-12-30-22(28)8-7-9-23(29)31-13-11-19-21(25(19,5)6)15-17(2)27-26-16/h18-21H,7-15H2,1-6H3/b26-16-,27-17-/t18-,19-,20-,21+/m0/s1. The number of carbonyl (C=O) groups excluding carboxylic acids is 2. The highest BCUT2D eigenvalue weighted by Crippen LogP contribution is 2.62. The molecule has 0 aromatic rings. The van der Waals surface area contributed by atoms with Crippen molar-refractivity contribution in [1.29, 1.82) is 0 Å². The highest BCUT2D eigenvalue weighted by molar-refractivity contribution is 5.86. The summed E-state index contributed by atoms with van der Waals surface area (Å²) in [5.74, 6) is 1.74. The van der Waals surface area contributed by atoms with E-state index in [4.69, 9.17) is 9.47 Å². The van der Waals surface area contributed by atoms with Crippen LogP contribution in [0.25, 0.3) is 0 Å². The summed E-state index contributed by atoms with van der Waals surface area (Å²) in [5, 5.41) is 9.05. The maximum Gasteiger partial charge on any atom is 0.305 e. The third-order valence-electron chi connectivity index (χ3n) is 8.14. The Bertz CT molecular complexity index is 691. The zero-order chi connectivity index (χ0) is 22.8. The molecule has 0 spiro atoms. The molecule has 0 radical (unpaired) electrons. The predicted molar refractivity (Wildman–Crippen MR) is 122 cm³/mol. The first-order valence-corrected chi connectivity index (χ1v) is 11.9. The van der Waals surface area contributed by atoms with Gasteiger partial charge < -0.3 is 9.47 Å². The zero-order valence-corrected chi connectivity index (χ0v) is 20.2. The molecule has 0 unspecified atom stereocenters. The van der Waals surface area contributed by atoms with Gasteiger partial charge in [0.25, 0.3) is 0 Å². The summed E-state index contributed by atoms with van der Waals surface area (Å²) in [5.41, 5.74) is 2.63. The minimum atomic E-state index is -0.223. The summed E-state index contributed by atoms with van der Waals surface area (Å²) < 4.78 is 10.8. The second-order valence-corrected chi connectivity index (χ2v) is 11.0. The Kier molecular flexibility index (Phi) is 7.27. The van der Waals surface area contributed by atoms with Gasteiger partial charge in [-0.2, -0.15) is 10.2 Å². The molecular weight excluding hydrogens is 392 g/mol. The summed E-state index contributed by atoms with van der Waals surface area (Å²) in [4.78, 5) is 24.0. The summed E-state index contributed by atoms with van der Waals surface area (Å²) in [6.07, 6.45) is 4.66. The van der Waals surface area contributed by atoms with Gasteiger partial charge in [-0.05, 0) is 80.5 Å². The molecule has 0 N–H and O–H groups in total. The van der Waals surface area contributed by atoms with Crippen LogP contribution >= 0.6 is 0 Å². The Morgan fingerprint density at radius 2 is 1.10 bits per heavy atom. The molecule has 0 aromatic heterocycles. The predicted octanol–water partition coefficient (Wildman–Crippen LogP) is 5.20. The molecule has 2 saturated carbocycles. The molecule has 1 aliphatic heterocycles. The first-order valence-electron chi connectivity index (χ1n) is 11.9. The quantitative estimate of drug-likeness (QED) is 0.493. The Hall–Kier alpha value is -1.72. The minimum absolute atomic E-state index is 0.223. The fraction of sp³-hybridized carbons (Fsp3) is 0.840. The molecule has 31 heavy (non-hydrogen) atoms. The van der Waals surface area contributed by atoms with Gasteiger partial charge in [0, 0.05) is 24.3 Å². The average molecular weight is 433 g/mol. The van der Waals surface area contributed by atoms with Gasteiger partial charge >= 0.3 is 11.9 Å². The lowest BCUT2D eigenvalue weighted by atomic mass is 10.1. The highest BCUT2D eigenvalue weighted by atomic mass is 16.5. The minimum Gasteiger partial charge on any atom is -0.466 e. The van der Waals surface area contributed by atoms with Crippen molar-refractivity contribution in [2.24, 2.45) is 44.7 Å². The second kappa shape index (κ2) is 9.41. The molecule has 0 bridgehead atoms. The van der Waals surface area contributed by atoms with Gasteiger partial charge in [0.05, 0.1) is 13.2 Å². The Morgan fingerprint density at radius 1 is 0.710 bits per heavy atom. The van der Waals surface area contributed by atoms with Crippen molar-refractivity contribution in [2.75, 3.05) is 13.2 Å². The van der Waals surface area contributed by atoms with Gasteiger partial charge in [-0.25, -0.2) is 0 Å². The van der Waals surface area contributed by atoms with E-state index in [1.54, 1.807) is 0 Å². The zero-order valence-electron chi connectivity index (χ0n) is 20.2. The smallest absolute Gasteiger partial charge is 0.305 e. The van der Waals surface area contributed by atoms with Crippen LogP contribution in [-0.2, 0) is 19.1 Å². The topological polar surface area (TPSA) is 77.3 Å². The van der Waals surface area contributed by atoms with Crippen molar-refractivity contribution >= 4 is 23.4 Å². The van der Waals surface area contributed by atoms with Gasteiger partial charge in [0.2, 0.25) is 0 Å². The summed E-state index contributed by atoms with van der Waals surface area (Å²) in [7, 11) is 0. The number of cyclic esters (lactones) is 2. The van der Waals surface area contributed by atoms with Crippen LogP contribution < -0.4 is 0 Å². The maximum absolute atomic E-state index is 12.0. The van der Waals surface area contributed by atoms with Crippen molar-refractivity contribution in [3.8, 4) is 0 Å². The number of nitrogens with zero attached hydrogens (tertiary/aromatic N) is 2. The summed E-state index contributed by atoms with van der Waals surface area (Å²) >= 11 is 0. The van der Waals surface area contributed by atoms with E-state index in [9.17, 15) is 9.59 Å². The van der Waals surface area contributed by atoms with E-state index in [1.165, 1.54) is 0 Å². The van der Waals surface area contributed by atoms with Gasteiger partial charge in [0.1, 0.15) is 0 Å². The number of esters is 2. The molecule has 0 aromatic carbocycles. The van der Waals surface area contributed by atoms with Crippen LogP contribution in [0.1, 0.15) is 86.5 Å². The van der Waals surface area contributed by atoms with E-state index in [-0.39, 0.29) is 35.6 Å². The molecule has 3 rings (SSSR count). The first-order chi connectivity index (χ1) is 14.5. The van der Waals surface area contributed by atoms with Crippen molar-refractivity contribution < 1.29 is 19.1 Å². The van der Waals surface area contributed by atoms with Crippen LogP contribution in [0.15, 0.2) is 10.2 Å². The van der Waals surface area contributed by atoms with Crippen LogP contribution in [0.3, 0.4) is 0 Å². The van der Waals surface area contributed by atoms with Crippen molar-refractivity contribution in [3.05, 3.63) is 0 Å². The molecule has 6 heteroatoms. The largest absolute Gasteiger partial charge is 0.466 e. The van der Waals surface area contributed by atoms with Gasteiger partial charge in [-0.3, -0.25) is 9.59 Å². The number of rotatable bonds is 0. The summed E-state index contributed by atoms with van der Waals surface area (Å²) in [6, 6.07) is 0. The van der Waals surface area contributed by atoms with E-state index in [0.29, 0.717) is 43.3 Å². The summed E-state index contributed by atoms with van der Waals surface area (Å²) in [6.45, 7) is 14.2. The molecule has 0 amide bonds. The van der Waals surface area contributed by atoms with E-state index in [2.05, 4.69) is 51.7 Å². The van der Waals surface area contributed by atoms with Crippen molar-refractivity contribution in [3.63, 3.8) is 0 Å². The van der Waals surface area contributed by atoms with Crippen molar-refractivity contribution in [2.45, 2.75) is 86.5 Å². The van der Waals surface area contributed by atoms with Crippen LogP contribution in [0.2, 0.25) is 0 Å². The lowest BCUT2D eigenvalue weighted by molar-refractivity contribution is -0.145. The average Bonchev–Trinajstić information content (AvgIpc) is 3.40. The normalized spacial score (nSPS) is 37.9. The molecule has 174 valence electrons. The van der Waals surface area contributed by atoms with Crippen LogP contribution in [-0.4, -0.2) is 36.6 Å². The molecule has 3 aliphatic rings. The van der Waals surface area contributed by atoms with Crippen molar-refractivity contribution in [1.82, 2.24) is 0 Å². The monoisotopic (exact) mass is 432 g/mol. The second-order valence-electron chi connectivity index (χ2n) is 11.0. The SMILES string of the molecule is C/C1=N/N=C(/C)C[C@H]2[C@H](CCOC(=O)CCCC(=O)OCC[C@H]3[C@@H](C1)C3(C)C)C2(C)C. The maximum atomic E-state index is 12.0.